The van der Waals surface area contributed by atoms with Crippen molar-refractivity contribution in [3.8, 4) is 22.3 Å². The maximum atomic E-state index is 14.0. The molecule has 0 fully saturated rings. The number of ether oxygens (including phenoxy) is 1. The summed E-state index contributed by atoms with van der Waals surface area (Å²) in [6.45, 7) is 4.73. The number of carbonyl (C=O) groups excluding carboxylic acids is 2. The molecule has 5 rings (SSSR count). The summed E-state index contributed by atoms with van der Waals surface area (Å²) in [5.41, 5.74) is 6.22. The van der Waals surface area contributed by atoms with Crippen molar-refractivity contribution < 1.29 is 19.4 Å². The minimum Gasteiger partial charge on any atom is -0.394 e. The van der Waals surface area contributed by atoms with E-state index in [0.29, 0.717) is 30.9 Å². The fourth-order valence-corrected chi connectivity index (χ4v) is 5.50. The van der Waals surface area contributed by atoms with E-state index in [1.807, 2.05) is 105 Å². The summed E-state index contributed by atoms with van der Waals surface area (Å²) in [5, 5.41) is 13.0. The van der Waals surface area contributed by atoms with E-state index in [4.69, 9.17) is 4.74 Å². The molecular weight excluding hydrogens is 538 g/mol. The number of likely N-dealkylation sites (N-methyl/N-ethyl adjacent to an activating group) is 1. The molecule has 4 aromatic rings. The van der Waals surface area contributed by atoms with E-state index < -0.39 is 0 Å². The predicted molar refractivity (Wildman–Crippen MR) is 171 cm³/mol. The highest BCUT2D eigenvalue weighted by Gasteiger charge is 2.31. The highest BCUT2D eigenvalue weighted by atomic mass is 16.5. The Morgan fingerprint density at radius 3 is 2.21 bits per heavy atom. The summed E-state index contributed by atoms with van der Waals surface area (Å²) >= 11 is 0. The molecular formula is C36H39N3O4. The third-order valence-electron chi connectivity index (χ3n) is 8.14. The van der Waals surface area contributed by atoms with Crippen LogP contribution in [0.15, 0.2) is 103 Å². The van der Waals surface area contributed by atoms with Crippen LogP contribution >= 0.6 is 0 Å². The van der Waals surface area contributed by atoms with Crippen LogP contribution in [0.3, 0.4) is 0 Å². The summed E-state index contributed by atoms with van der Waals surface area (Å²) < 4.78 is 6.54. The molecule has 0 aliphatic carbocycles. The fraction of sp³-hybridized carbons (Fsp3) is 0.278. The summed E-state index contributed by atoms with van der Waals surface area (Å²) in [6.07, 6.45) is -0.369. The summed E-state index contributed by atoms with van der Waals surface area (Å²) in [4.78, 5) is 30.6. The van der Waals surface area contributed by atoms with Crippen LogP contribution in [0.1, 0.15) is 29.8 Å². The second-order valence-corrected chi connectivity index (χ2v) is 11.3. The Morgan fingerprint density at radius 1 is 0.907 bits per heavy atom. The molecule has 0 bridgehead atoms. The highest BCUT2D eigenvalue weighted by Crippen LogP contribution is 2.31. The molecule has 7 nitrogen and oxygen atoms in total. The lowest BCUT2D eigenvalue weighted by molar-refractivity contribution is -0.0178. The van der Waals surface area contributed by atoms with Gasteiger partial charge in [-0.05, 0) is 52.9 Å². The SMILES string of the molecule is C[C@@H]1CN([C@H](C)CO)C(=O)c2ccccc2-c2ccccc2CO[C@H]1CN(C)C(=O)Nc1ccc(-c2ccccc2)cc1. The van der Waals surface area contributed by atoms with Crippen molar-refractivity contribution in [1.82, 2.24) is 9.80 Å². The molecule has 1 aliphatic heterocycles. The number of carbonyl (C=O) groups is 2. The van der Waals surface area contributed by atoms with E-state index in [1.54, 1.807) is 16.8 Å². The number of nitrogens with one attached hydrogen (secondary N) is 1. The van der Waals surface area contributed by atoms with Crippen molar-refractivity contribution in [1.29, 1.82) is 0 Å². The van der Waals surface area contributed by atoms with E-state index in [0.717, 1.165) is 27.8 Å². The quantitative estimate of drug-likeness (QED) is 0.273. The van der Waals surface area contributed by atoms with Crippen molar-refractivity contribution >= 4 is 17.6 Å². The number of urea groups is 1. The number of fused-ring (bicyclic) bond motifs is 3. The van der Waals surface area contributed by atoms with Crippen LogP contribution in [0.4, 0.5) is 10.5 Å². The van der Waals surface area contributed by atoms with Gasteiger partial charge in [0.1, 0.15) is 0 Å². The molecule has 7 heteroatoms. The Balaban J connectivity index is 1.36. The molecule has 0 radical (unpaired) electrons. The molecule has 0 spiro atoms. The van der Waals surface area contributed by atoms with E-state index in [2.05, 4.69) is 17.4 Å². The first-order valence-electron chi connectivity index (χ1n) is 14.7. The first kappa shape index (κ1) is 30.0. The van der Waals surface area contributed by atoms with Crippen LogP contribution in [-0.4, -0.2) is 65.7 Å². The number of benzene rings is 4. The molecule has 0 aromatic heterocycles. The third kappa shape index (κ3) is 6.96. The van der Waals surface area contributed by atoms with Gasteiger partial charge in [-0.2, -0.15) is 0 Å². The predicted octanol–water partition coefficient (Wildman–Crippen LogP) is 6.54. The summed E-state index contributed by atoms with van der Waals surface area (Å²) in [7, 11) is 1.75. The zero-order chi connectivity index (χ0) is 30.3. The van der Waals surface area contributed by atoms with Crippen LogP contribution in [0.25, 0.3) is 22.3 Å². The lowest BCUT2D eigenvalue weighted by atomic mass is 9.94. The number of aliphatic hydroxyl groups excluding tert-OH is 1. The van der Waals surface area contributed by atoms with Crippen molar-refractivity contribution in [2.24, 2.45) is 5.92 Å². The largest absolute Gasteiger partial charge is 0.394 e. The van der Waals surface area contributed by atoms with Crippen molar-refractivity contribution in [3.63, 3.8) is 0 Å². The van der Waals surface area contributed by atoms with Gasteiger partial charge in [0.25, 0.3) is 5.91 Å². The maximum Gasteiger partial charge on any atom is 0.321 e. The molecule has 222 valence electrons. The minimum absolute atomic E-state index is 0.129. The summed E-state index contributed by atoms with van der Waals surface area (Å²) in [5.74, 6) is -0.264. The third-order valence-corrected chi connectivity index (χ3v) is 8.14. The Kier molecular flexibility index (Phi) is 9.55. The van der Waals surface area contributed by atoms with Crippen LogP contribution < -0.4 is 5.32 Å². The lowest BCUT2D eigenvalue weighted by Crippen LogP contribution is -2.48. The second-order valence-electron chi connectivity index (χ2n) is 11.3. The average molecular weight is 578 g/mol. The topological polar surface area (TPSA) is 82.1 Å². The molecule has 0 saturated heterocycles. The van der Waals surface area contributed by atoms with Gasteiger partial charge in [0.05, 0.1) is 25.4 Å². The molecule has 0 unspecified atom stereocenters. The second kappa shape index (κ2) is 13.7. The number of nitrogens with zero attached hydrogens (tertiary/aromatic N) is 2. The first-order valence-corrected chi connectivity index (χ1v) is 14.7. The zero-order valence-electron chi connectivity index (χ0n) is 24.9. The molecule has 0 saturated carbocycles. The smallest absolute Gasteiger partial charge is 0.321 e. The highest BCUT2D eigenvalue weighted by molar-refractivity contribution is 6.01. The molecule has 43 heavy (non-hydrogen) atoms. The number of anilines is 1. The molecule has 3 atom stereocenters. The molecule has 1 heterocycles. The van der Waals surface area contributed by atoms with Crippen LogP contribution in [0, 0.1) is 5.92 Å². The lowest BCUT2D eigenvalue weighted by Gasteiger charge is -2.35. The molecule has 3 amide bonds. The Labute approximate surface area is 253 Å². The van der Waals surface area contributed by atoms with Crippen LogP contribution in [-0.2, 0) is 11.3 Å². The first-order chi connectivity index (χ1) is 20.9. The van der Waals surface area contributed by atoms with Gasteiger partial charge in [0.15, 0.2) is 0 Å². The van der Waals surface area contributed by atoms with Crippen molar-refractivity contribution in [3.05, 3.63) is 114 Å². The normalized spacial score (nSPS) is 17.7. The Morgan fingerprint density at radius 2 is 1.51 bits per heavy atom. The van der Waals surface area contributed by atoms with Gasteiger partial charge in [-0.1, -0.05) is 91.9 Å². The van der Waals surface area contributed by atoms with Gasteiger partial charge in [0, 0.05) is 37.3 Å². The van der Waals surface area contributed by atoms with Gasteiger partial charge in [-0.25, -0.2) is 4.79 Å². The summed E-state index contributed by atoms with van der Waals surface area (Å²) in [6, 6.07) is 32.8. The number of hydrogen-bond donors (Lipinski definition) is 2. The maximum absolute atomic E-state index is 14.0. The fourth-order valence-electron chi connectivity index (χ4n) is 5.50. The van der Waals surface area contributed by atoms with Crippen molar-refractivity contribution in [2.45, 2.75) is 32.6 Å². The minimum atomic E-state index is -0.389. The van der Waals surface area contributed by atoms with Gasteiger partial charge < -0.3 is 25.0 Å². The van der Waals surface area contributed by atoms with Gasteiger partial charge >= 0.3 is 6.03 Å². The van der Waals surface area contributed by atoms with E-state index in [9.17, 15) is 14.7 Å². The number of hydrogen-bond acceptors (Lipinski definition) is 4. The van der Waals surface area contributed by atoms with Gasteiger partial charge in [-0.15, -0.1) is 0 Å². The van der Waals surface area contributed by atoms with E-state index >= 15 is 0 Å². The number of amides is 3. The van der Waals surface area contributed by atoms with Gasteiger partial charge in [0.2, 0.25) is 0 Å². The Hall–Kier alpha value is -4.46. The van der Waals surface area contributed by atoms with E-state index in [1.165, 1.54) is 0 Å². The van der Waals surface area contributed by atoms with Gasteiger partial charge in [-0.3, -0.25) is 4.79 Å². The average Bonchev–Trinajstić information content (AvgIpc) is 3.06. The monoisotopic (exact) mass is 577 g/mol. The van der Waals surface area contributed by atoms with E-state index in [-0.39, 0.29) is 36.6 Å². The van der Waals surface area contributed by atoms with Crippen LogP contribution in [0.5, 0.6) is 0 Å². The Bertz CT molecular complexity index is 1540. The molecule has 2 N–H and O–H groups in total. The van der Waals surface area contributed by atoms with Crippen molar-refractivity contribution in [2.75, 3.05) is 32.1 Å². The van der Waals surface area contributed by atoms with Crippen LogP contribution in [0.2, 0.25) is 0 Å². The number of aliphatic hydroxyl groups is 1. The molecule has 4 aromatic carbocycles. The molecule has 1 aliphatic rings. The zero-order valence-corrected chi connectivity index (χ0v) is 24.9. The standard InChI is InChI=1S/C36H39N3O4/c1-25-21-39(26(2)23-40)35(41)33-16-10-9-15-32(33)31-14-8-7-13-29(31)24-43-34(25)22-38(3)36(42)37-30-19-17-28(18-20-30)27-11-5-4-6-12-27/h4-20,25-26,34,40H,21-24H2,1-3H3,(H,37,42)/t25-,26-,34+/m1/s1. The number of rotatable bonds is 6.